The van der Waals surface area contributed by atoms with Gasteiger partial charge in [-0.3, -0.25) is 0 Å². The third-order valence-corrected chi connectivity index (χ3v) is 5.98. The zero-order chi connectivity index (χ0) is 8.72. The van der Waals surface area contributed by atoms with Crippen molar-refractivity contribution >= 4 is 75.9 Å². The minimum absolute atomic E-state index is 1.16. The molecule has 0 saturated heterocycles. The molecule has 12 heavy (non-hydrogen) atoms. The molecule has 2 aromatic rings. The predicted molar refractivity (Wildman–Crippen MR) is 69.9 cm³/mol. The summed E-state index contributed by atoms with van der Waals surface area (Å²) in [5.41, 5.74) is 0. The van der Waals surface area contributed by atoms with Gasteiger partial charge >= 0.3 is 0 Å². The summed E-state index contributed by atoms with van der Waals surface area (Å²) in [7, 11) is 0. The first-order valence-electron chi connectivity index (χ1n) is 3.21. The Morgan fingerprint density at radius 1 is 1.17 bits per heavy atom. The monoisotopic (exact) mass is 416 g/mol. The number of thiophene rings is 1. The SMILES string of the molecule is Brc1ccc2scc(Br)c2c1I. The molecule has 1 aromatic heterocycles. The first-order valence-corrected chi connectivity index (χ1v) is 6.75. The van der Waals surface area contributed by atoms with Crippen molar-refractivity contribution in [3.8, 4) is 0 Å². The topological polar surface area (TPSA) is 0 Å². The fourth-order valence-electron chi connectivity index (χ4n) is 1.03. The maximum absolute atomic E-state index is 3.54. The third-order valence-electron chi connectivity index (χ3n) is 1.58. The molecule has 2 rings (SSSR count). The van der Waals surface area contributed by atoms with E-state index in [0.717, 1.165) is 4.47 Å². The van der Waals surface area contributed by atoms with Gasteiger partial charge in [-0.15, -0.1) is 11.3 Å². The fourth-order valence-corrected chi connectivity index (χ4v) is 4.32. The van der Waals surface area contributed by atoms with E-state index in [1.807, 2.05) is 0 Å². The largest absolute Gasteiger partial charge is 0.143 e. The van der Waals surface area contributed by atoms with Crippen LogP contribution in [0.15, 0.2) is 26.5 Å². The van der Waals surface area contributed by atoms with Crippen LogP contribution in [0.2, 0.25) is 0 Å². The molecular formula is C8H3Br2IS. The minimum atomic E-state index is 1.16. The first kappa shape index (κ1) is 9.43. The molecule has 0 nitrogen and oxygen atoms in total. The lowest BCUT2D eigenvalue weighted by Gasteiger charge is -1.97. The van der Waals surface area contributed by atoms with Gasteiger partial charge in [0.15, 0.2) is 0 Å². The van der Waals surface area contributed by atoms with Crippen LogP contribution in [-0.2, 0) is 0 Å². The van der Waals surface area contributed by atoms with Crippen molar-refractivity contribution in [2.45, 2.75) is 0 Å². The molecule has 0 radical (unpaired) electrons. The van der Waals surface area contributed by atoms with Gasteiger partial charge in [0.2, 0.25) is 0 Å². The van der Waals surface area contributed by atoms with Crippen LogP contribution >= 0.6 is 65.8 Å². The van der Waals surface area contributed by atoms with E-state index in [1.54, 1.807) is 11.3 Å². The highest BCUT2D eigenvalue weighted by atomic mass is 127. The quantitative estimate of drug-likeness (QED) is 0.527. The average Bonchev–Trinajstić information content (AvgIpc) is 2.41. The van der Waals surface area contributed by atoms with Crippen LogP contribution in [0.25, 0.3) is 10.1 Å². The zero-order valence-corrected chi connectivity index (χ0v) is 11.9. The van der Waals surface area contributed by atoms with Gasteiger partial charge in [0, 0.05) is 28.0 Å². The second-order valence-electron chi connectivity index (χ2n) is 2.32. The predicted octanol–water partition coefficient (Wildman–Crippen LogP) is 5.03. The average molecular weight is 418 g/mol. The summed E-state index contributed by atoms with van der Waals surface area (Å²) in [6.07, 6.45) is 0. The van der Waals surface area contributed by atoms with E-state index in [9.17, 15) is 0 Å². The molecule has 0 fully saturated rings. The summed E-state index contributed by atoms with van der Waals surface area (Å²) < 4.78 is 4.95. The van der Waals surface area contributed by atoms with E-state index in [1.165, 1.54) is 18.1 Å². The Morgan fingerprint density at radius 2 is 1.92 bits per heavy atom. The highest BCUT2D eigenvalue weighted by Crippen LogP contribution is 2.36. The lowest BCUT2D eigenvalue weighted by molar-refractivity contribution is 1.68. The number of rotatable bonds is 0. The van der Waals surface area contributed by atoms with Gasteiger partial charge in [0.1, 0.15) is 0 Å². The molecule has 0 unspecified atom stereocenters. The Labute approximate surface area is 105 Å². The molecule has 0 aliphatic carbocycles. The molecule has 0 bridgehead atoms. The molecule has 0 spiro atoms. The van der Waals surface area contributed by atoms with Crippen LogP contribution < -0.4 is 0 Å². The number of fused-ring (bicyclic) bond motifs is 1. The normalized spacial score (nSPS) is 10.9. The molecule has 0 aliphatic rings. The van der Waals surface area contributed by atoms with Crippen LogP contribution in [-0.4, -0.2) is 0 Å². The van der Waals surface area contributed by atoms with Crippen molar-refractivity contribution in [1.82, 2.24) is 0 Å². The molecule has 0 saturated carbocycles. The van der Waals surface area contributed by atoms with Gasteiger partial charge in [-0.2, -0.15) is 0 Å². The number of hydrogen-bond acceptors (Lipinski definition) is 1. The molecule has 0 N–H and O–H groups in total. The summed E-state index contributed by atoms with van der Waals surface area (Å²) in [4.78, 5) is 0. The first-order chi connectivity index (χ1) is 5.70. The summed E-state index contributed by atoms with van der Waals surface area (Å²) in [6, 6.07) is 4.23. The molecule has 0 atom stereocenters. The van der Waals surface area contributed by atoms with E-state index in [4.69, 9.17) is 0 Å². The molecule has 4 heteroatoms. The van der Waals surface area contributed by atoms with E-state index in [2.05, 4.69) is 72.0 Å². The smallest absolute Gasteiger partial charge is 0.0372 e. The molecular weight excluding hydrogens is 415 g/mol. The molecule has 0 amide bonds. The second-order valence-corrected chi connectivity index (χ2v) is 6.02. The van der Waals surface area contributed by atoms with E-state index in [0.29, 0.717) is 0 Å². The van der Waals surface area contributed by atoms with Crippen LogP contribution in [0.3, 0.4) is 0 Å². The maximum Gasteiger partial charge on any atom is 0.0372 e. The van der Waals surface area contributed by atoms with Crippen molar-refractivity contribution in [1.29, 1.82) is 0 Å². The lowest BCUT2D eigenvalue weighted by atomic mass is 10.3. The lowest BCUT2D eigenvalue weighted by Crippen LogP contribution is -1.75. The Kier molecular flexibility index (Phi) is 2.79. The van der Waals surface area contributed by atoms with E-state index < -0.39 is 0 Å². The zero-order valence-electron chi connectivity index (χ0n) is 5.77. The van der Waals surface area contributed by atoms with Crippen LogP contribution in [0.4, 0.5) is 0 Å². The number of halogens is 3. The van der Waals surface area contributed by atoms with Crippen molar-refractivity contribution in [3.63, 3.8) is 0 Å². The molecule has 0 aliphatic heterocycles. The Hall–Kier alpha value is 0.870. The summed E-state index contributed by atoms with van der Waals surface area (Å²) >= 11 is 11.2. The van der Waals surface area contributed by atoms with Crippen molar-refractivity contribution < 1.29 is 0 Å². The second kappa shape index (κ2) is 3.55. The van der Waals surface area contributed by atoms with Crippen LogP contribution in [0.1, 0.15) is 0 Å². The van der Waals surface area contributed by atoms with Crippen molar-refractivity contribution in [2.75, 3.05) is 0 Å². The van der Waals surface area contributed by atoms with Gasteiger partial charge in [-0.05, 0) is 66.6 Å². The Bertz CT molecular complexity index is 436. The van der Waals surface area contributed by atoms with Crippen LogP contribution in [0, 0.1) is 3.57 Å². The Morgan fingerprint density at radius 3 is 2.67 bits per heavy atom. The van der Waals surface area contributed by atoms with E-state index >= 15 is 0 Å². The van der Waals surface area contributed by atoms with E-state index in [-0.39, 0.29) is 0 Å². The van der Waals surface area contributed by atoms with Gasteiger partial charge in [0.25, 0.3) is 0 Å². The van der Waals surface area contributed by atoms with Crippen LogP contribution in [0.5, 0.6) is 0 Å². The van der Waals surface area contributed by atoms with Gasteiger partial charge in [-0.1, -0.05) is 0 Å². The number of hydrogen-bond donors (Lipinski definition) is 0. The summed E-state index contributed by atoms with van der Waals surface area (Å²) in [5.74, 6) is 0. The van der Waals surface area contributed by atoms with Crippen molar-refractivity contribution in [2.24, 2.45) is 0 Å². The molecule has 62 valence electrons. The number of benzene rings is 1. The van der Waals surface area contributed by atoms with Gasteiger partial charge in [0.05, 0.1) is 0 Å². The summed E-state index contributed by atoms with van der Waals surface area (Å²) in [5, 5.41) is 3.44. The third kappa shape index (κ3) is 1.47. The molecule has 1 heterocycles. The maximum atomic E-state index is 3.54. The fraction of sp³-hybridized carbons (Fsp3) is 0. The van der Waals surface area contributed by atoms with Gasteiger partial charge < -0.3 is 0 Å². The van der Waals surface area contributed by atoms with Crippen molar-refractivity contribution in [3.05, 3.63) is 30.0 Å². The standard InChI is InChI=1S/C8H3Br2IS/c9-4-1-2-6-7(8(4)11)5(10)3-12-6/h1-3H. The molecule has 1 aromatic carbocycles. The minimum Gasteiger partial charge on any atom is -0.143 e. The highest BCUT2D eigenvalue weighted by molar-refractivity contribution is 14.1. The van der Waals surface area contributed by atoms with Gasteiger partial charge in [-0.25, -0.2) is 0 Å². The highest BCUT2D eigenvalue weighted by Gasteiger charge is 2.07. The Balaban J connectivity index is 2.96. The summed E-state index contributed by atoms with van der Waals surface area (Å²) in [6.45, 7) is 0.